The summed E-state index contributed by atoms with van der Waals surface area (Å²) in [5, 5.41) is 25.2. The molecule has 0 aliphatic carbocycles. The van der Waals surface area contributed by atoms with E-state index in [2.05, 4.69) is 16.0 Å². The van der Waals surface area contributed by atoms with E-state index >= 15 is 0 Å². The van der Waals surface area contributed by atoms with Crippen molar-refractivity contribution >= 4 is 35.6 Å². The Morgan fingerprint density at radius 3 is 1.85 bits per heavy atom. The van der Waals surface area contributed by atoms with Crippen LogP contribution < -0.4 is 33.2 Å². The third kappa shape index (κ3) is 11.8. The van der Waals surface area contributed by atoms with Crippen LogP contribution in [-0.2, 0) is 28.8 Å². The highest BCUT2D eigenvalue weighted by Gasteiger charge is 2.32. The Labute approximate surface area is 191 Å². The van der Waals surface area contributed by atoms with Crippen LogP contribution in [0.3, 0.4) is 0 Å². The molecule has 0 rings (SSSR count). The van der Waals surface area contributed by atoms with Crippen molar-refractivity contribution in [1.82, 2.24) is 16.0 Å². The quantitative estimate of drug-likeness (QED) is 0.105. The lowest BCUT2D eigenvalue weighted by Crippen LogP contribution is -2.58. The molecule has 0 bridgehead atoms. The maximum atomic E-state index is 12.7. The molecule has 0 radical (unpaired) electrons. The number of carboxylic acids is 2. The van der Waals surface area contributed by atoms with Crippen molar-refractivity contribution in [3.05, 3.63) is 0 Å². The standard InChI is InChI=1S/C19H34N6O8/c1-9(2)15(18(31)23-11(19(32)33)5-3-4-6-20)25-17(30)12(8-14(27)28)24-16(29)10(21)7-13(22)26/h9-12,15H,3-8,20-21H2,1-2H3,(H2,22,26)(H,23,31)(H,24,29)(H,25,30)(H,27,28)(H,32,33). The van der Waals surface area contributed by atoms with Crippen molar-refractivity contribution in [3.8, 4) is 0 Å². The minimum absolute atomic E-state index is 0.131. The molecule has 0 aliphatic heterocycles. The fourth-order valence-corrected chi connectivity index (χ4v) is 2.77. The van der Waals surface area contributed by atoms with E-state index < -0.39 is 78.5 Å². The van der Waals surface area contributed by atoms with Crippen molar-refractivity contribution in [1.29, 1.82) is 0 Å². The molecule has 0 heterocycles. The number of hydrogen-bond donors (Lipinski definition) is 8. The van der Waals surface area contributed by atoms with E-state index in [4.69, 9.17) is 22.3 Å². The number of primary amides is 1. The summed E-state index contributed by atoms with van der Waals surface area (Å²) in [6.45, 7) is 3.54. The Hall–Kier alpha value is -3.26. The van der Waals surface area contributed by atoms with E-state index in [0.29, 0.717) is 19.4 Å². The van der Waals surface area contributed by atoms with Gasteiger partial charge < -0.3 is 43.4 Å². The zero-order valence-corrected chi connectivity index (χ0v) is 18.7. The van der Waals surface area contributed by atoms with Gasteiger partial charge in [0.2, 0.25) is 23.6 Å². The first-order valence-corrected chi connectivity index (χ1v) is 10.4. The molecule has 0 saturated carbocycles. The van der Waals surface area contributed by atoms with Crippen LogP contribution in [0.2, 0.25) is 0 Å². The second kappa shape index (κ2) is 14.7. The Bertz CT molecular complexity index is 729. The van der Waals surface area contributed by atoms with E-state index in [-0.39, 0.29) is 6.42 Å². The molecule has 14 nitrogen and oxygen atoms in total. The number of unbranched alkanes of at least 4 members (excludes halogenated alkanes) is 1. The minimum atomic E-state index is -1.61. The lowest BCUT2D eigenvalue weighted by atomic mass is 10.0. The molecule has 0 aromatic heterocycles. The van der Waals surface area contributed by atoms with Gasteiger partial charge in [0.1, 0.15) is 18.1 Å². The van der Waals surface area contributed by atoms with Crippen molar-refractivity contribution in [2.24, 2.45) is 23.1 Å². The first kappa shape index (κ1) is 29.7. The van der Waals surface area contributed by atoms with Crippen LogP contribution in [0.5, 0.6) is 0 Å². The molecule has 0 fully saturated rings. The number of carboxylic acid groups (broad SMARTS) is 2. The Kier molecular flexibility index (Phi) is 13.3. The molecule has 4 atom stereocenters. The van der Waals surface area contributed by atoms with Gasteiger partial charge in [0, 0.05) is 0 Å². The van der Waals surface area contributed by atoms with Gasteiger partial charge in [-0.05, 0) is 31.7 Å². The van der Waals surface area contributed by atoms with Crippen LogP contribution in [0, 0.1) is 5.92 Å². The summed E-state index contributed by atoms with van der Waals surface area (Å²) in [5.41, 5.74) is 15.9. The molecule has 0 spiro atoms. The van der Waals surface area contributed by atoms with Crippen molar-refractivity contribution in [2.45, 2.75) is 70.1 Å². The van der Waals surface area contributed by atoms with Gasteiger partial charge in [-0.25, -0.2) is 4.79 Å². The molecule has 0 saturated heterocycles. The molecule has 188 valence electrons. The van der Waals surface area contributed by atoms with E-state index in [0.717, 1.165) is 0 Å². The monoisotopic (exact) mass is 474 g/mol. The van der Waals surface area contributed by atoms with Gasteiger partial charge in [0.15, 0.2) is 0 Å². The highest BCUT2D eigenvalue weighted by Crippen LogP contribution is 2.07. The largest absolute Gasteiger partial charge is 0.481 e. The van der Waals surface area contributed by atoms with Crippen LogP contribution in [0.4, 0.5) is 0 Å². The number of amides is 4. The highest BCUT2D eigenvalue weighted by atomic mass is 16.4. The number of carbonyl (C=O) groups is 6. The van der Waals surface area contributed by atoms with E-state index in [9.17, 15) is 33.9 Å². The minimum Gasteiger partial charge on any atom is -0.481 e. The van der Waals surface area contributed by atoms with Crippen LogP contribution in [0.15, 0.2) is 0 Å². The lowest BCUT2D eigenvalue weighted by Gasteiger charge is -2.26. The molecular formula is C19H34N6O8. The van der Waals surface area contributed by atoms with E-state index in [1.807, 2.05) is 0 Å². The van der Waals surface area contributed by atoms with E-state index in [1.165, 1.54) is 0 Å². The highest BCUT2D eigenvalue weighted by molar-refractivity contribution is 5.96. The molecule has 11 N–H and O–H groups in total. The van der Waals surface area contributed by atoms with E-state index in [1.54, 1.807) is 13.8 Å². The smallest absolute Gasteiger partial charge is 0.326 e. The fourth-order valence-electron chi connectivity index (χ4n) is 2.77. The molecule has 33 heavy (non-hydrogen) atoms. The molecule has 0 aromatic rings. The first-order valence-electron chi connectivity index (χ1n) is 10.4. The van der Waals surface area contributed by atoms with Gasteiger partial charge in [0.05, 0.1) is 18.9 Å². The van der Waals surface area contributed by atoms with Gasteiger partial charge >= 0.3 is 11.9 Å². The summed E-state index contributed by atoms with van der Waals surface area (Å²) in [6.07, 6.45) is -0.190. The van der Waals surface area contributed by atoms with Crippen molar-refractivity contribution in [3.63, 3.8) is 0 Å². The predicted molar refractivity (Wildman–Crippen MR) is 115 cm³/mol. The SMILES string of the molecule is CC(C)C(NC(=O)C(CC(=O)O)NC(=O)C(N)CC(N)=O)C(=O)NC(CCCCN)C(=O)O. The average molecular weight is 475 g/mol. The number of carbonyl (C=O) groups excluding carboxylic acids is 4. The third-order valence-electron chi connectivity index (χ3n) is 4.58. The van der Waals surface area contributed by atoms with Gasteiger partial charge in [-0.2, -0.15) is 0 Å². The van der Waals surface area contributed by atoms with Gasteiger partial charge in [-0.15, -0.1) is 0 Å². The fraction of sp³-hybridized carbons (Fsp3) is 0.684. The van der Waals surface area contributed by atoms with Gasteiger partial charge in [-0.3, -0.25) is 24.0 Å². The zero-order chi connectivity index (χ0) is 25.7. The average Bonchev–Trinajstić information content (AvgIpc) is 2.69. The summed E-state index contributed by atoms with van der Waals surface area (Å²) in [6, 6.07) is -5.44. The molecule has 0 aromatic carbocycles. The lowest BCUT2D eigenvalue weighted by molar-refractivity contribution is -0.143. The molecule has 4 unspecified atom stereocenters. The second-order valence-corrected chi connectivity index (χ2v) is 7.85. The van der Waals surface area contributed by atoms with Crippen molar-refractivity contribution < 1.29 is 39.0 Å². The maximum absolute atomic E-state index is 12.7. The normalized spacial score (nSPS) is 14.5. The Morgan fingerprint density at radius 1 is 0.818 bits per heavy atom. The molecule has 14 heteroatoms. The summed E-state index contributed by atoms with van der Waals surface area (Å²) < 4.78 is 0. The predicted octanol–water partition coefficient (Wildman–Crippen LogP) is -3.01. The number of rotatable bonds is 16. The summed E-state index contributed by atoms with van der Waals surface area (Å²) in [4.78, 5) is 71.0. The van der Waals surface area contributed by atoms with Crippen LogP contribution in [-0.4, -0.2) is 76.5 Å². The molecule has 4 amide bonds. The number of nitrogens with one attached hydrogen (secondary N) is 3. The third-order valence-corrected chi connectivity index (χ3v) is 4.58. The summed E-state index contributed by atoms with van der Waals surface area (Å²) in [5.74, 6) is -6.82. The number of aliphatic carboxylic acids is 2. The van der Waals surface area contributed by atoms with Crippen LogP contribution >= 0.6 is 0 Å². The van der Waals surface area contributed by atoms with Crippen LogP contribution in [0.25, 0.3) is 0 Å². The summed E-state index contributed by atoms with van der Waals surface area (Å²) in [7, 11) is 0. The number of hydrogen-bond acceptors (Lipinski definition) is 8. The topological polar surface area (TPSA) is 257 Å². The van der Waals surface area contributed by atoms with Crippen LogP contribution in [0.1, 0.15) is 46.0 Å². The molecule has 0 aliphatic rings. The number of nitrogens with two attached hydrogens (primary N) is 3. The summed E-state index contributed by atoms with van der Waals surface area (Å²) >= 11 is 0. The van der Waals surface area contributed by atoms with Crippen molar-refractivity contribution in [2.75, 3.05) is 6.54 Å². The zero-order valence-electron chi connectivity index (χ0n) is 18.7. The second-order valence-electron chi connectivity index (χ2n) is 7.85. The molecular weight excluding hydrogens is 440 g/mol. The Morgan fingerprint density at radius 2 is 1.39 bits per heavy atom. The van der Waals surface area contributed by atoms with Gasteiger partial charge in [-0.1, -0.05) is 13.8 Å². The first-order chi connectivity index (χ1) is 15.3. The van der Waals surface area contributed by atoms with Gasteiger partial charge in [0.25, 0.3) is 0 Å². The maximum Gasteiger partial charge on any atom is 0.326 e. The Balaban J connectivity index is 5.39.